The number of nitriles is 1. The van der Waals surface area contributed by atoms with Gasteiger partial charge in [-0.2, -0.15) is 5.26 Å². The molecular formula is C15H17N3. The molecule has 0 unspecified atom stereocenters. The molecule has 92 valence electrons. The largest absolute Gasteiger partial charge is 0.360 e. The number of para-hydroxylation sites is 1. The van der Waals surface area contributed by atoms with Crippen molar-refractivity contribution in [3.63, 3.8) is 0 Å². The SMILES string of the molecule is CCCCN(C)c1cc(C#N)c2ccccc2n1. The van der Waals surface area contributed by atoms with Gasteiger partial charge in [-0.15, -0.1) is 0 Å². The molecule has 1 aromatic heterocycles. The third-order valence-corrected chi connectivity index (χ3v) is 3.06. The molecule has 0 saturated heterocycles. The molecule has 0 saturated carbocycles. The molecule has 0 radical (unpaired) electrons. The third-order valence-electron chi connectivity index (χ3n) is 3.06. The average molecular weight is 239 g/mol. The van der Waals surface area contributed by atoms with Crippen molar-refractivity contribution >= 4 is 16.7 Å². The lowest BCUT2D eigenvalue weighted by atomic mass is 10.1. The molecule has 3 heteroatoms. The van der Waals surface area contributed by atoms with Crippen LogP contribution in [0, 0.1) is 11.3 Å². The lowest BCUT2D eigenvalue weighted by Gasteiger charge is -2.18. The molecule has 0 N–H and O–H groups in total. The van der Waals surface area contributed by atoms with Crippen LogP contribution in [-0.2, 0) is 0 Å². The van der Waals surface area contributed by atoms with E-state index >= 15 is 0 Å². The van der Waals surface area contributed by atoms with Gasteiger partial charge in [-0.1, -0.05) is 31.5 Å². The molecule has 2 rings (SSSR count). The molecule has 0 fully saturated rings. The van der Waals surface area contributed by atoms with Gasteiger partial charge in [0, 0.05) is 19.0 Å². The standard InChI is InChI=1S/C15H17N3/c1-3-4-9-18(2)15-10-12(11-16)13-7-5-6-8-14(13)17-15/h5-8,10H,3-4,9H2,1-2H3. The highest BCUT2D eigenvalue weighted by molar-refractivity contribution is 5.86. The van der Waals surface area contributed by atoms with E-state index in [2.05, 4.69) is 22.9 Å². The van der Waals surface area contributed by atoms with Gasteiger partial charge in [0.05, 0.1) is 17.1 Å². The van der Waals surface area contributed by atoms with Crippen LogP contribution in [0.4, 0.5) is 5.82 Å². The van der Waals surface area contributed by atoms with Crippen LogP contribution in [-0.4, -0.2) is 18.6 Å². The van der Waals surface area contributed by atoms with E-state index in [9.17, 15) is 5.26 Å². The fourth-order valence-corrected chi connectivity index (χ4v) is 1.96. The maximum atomic E-state index is 9.22. The quantitative estimate of drug-likeness (QED) is 0.821. The third kappa shape index (κ3) is 2.43. The molecule has 0 aliphatic carbocycles. The first-order valence-corrected chi connectivity index (χ1v) is 6.27. The van der Waals surface area contributed by atoms with Crippen LogP contribution >= 0.6 is 0 Å². The second kappa shape index (κ2) is 5.50. The first-order valence-electron chi connectivity index (χ1n) is 6.27. The van der Waals surface area contributed by atoms with Gasteiger partial charge in [0.2, 0.25) is 0 Å². The Bertz CT molecular complexity index is 584. The van der Waals surface area contributed by atoms with Crippen LogP contribution in [0.5, 0.6) is 0 Å². The van der Waals surface area contributed by atoms with Gasteiger partial charge in [0.15, 0.2) is 0 Å². The summed E-state index contributed by atoms with van der Waals surface area (Å²) >= 11 is 0. The number of anilines is 1. The van der Waals surface area contributed by atoms with Crippen LogP contribution < -0.4 is 4.90 Å². The predicted molar refractivity (Wildman–Crippen MR) is 74.6 cm³/mol. The molecular weight excluding hydrogens is 222 g/mol. The summed E-state index contributed by atoms with van der Waals surface area (Å²) in [4.78, 5) is 6.72. The average Bonchev–Trinajstić information content (AvgIpc) is 2.43. The summed E-state index contributed by atoms with van der Waals surface area (Å²) < 4.78 is 0. The summed E-state index contributed by atoms with van der Waals surface area (Å²) in [5, 5.41) is 10.1. The lowest BCUT2D eigenvalue weighted by molar-refractivity contribution is 0.760. The molecule has 1 aromatic carbocycles. The number of pyridine rings is 1. The van der Waals surface area contributed by atoms with Crippen molar-refractivity contribution in [2.75, 3.05) is 18.5 Å². The Morgan fingerprint density at radius 3 is 2.83 bits per heavy atom. The van der Waals surface area contributed by atoms with E-state index in [1.165, 1.54) is 0 Å². The minimum absolute atomic E-state index is 0.693. The van der Waals surface area contributed by atoms with Crippen molar-refractivity contribution in [3.8, 4) is 6.07 Å². The molecule has 0 atom stereocenters. The second-order valence-corrected chi connectivity index (χ2v) is 4.43. The zero-order valence-electron chi connectivity index (χ0n) is 10.8. The molecule has 0 bridgehead atoms. The zero-order chi connectivity index (χ0) is 13.0. The van der Waals surface area contributed by atoms with Crippen molar-refractivity contribution in [2.45, 2.75) is 19.8 Å². The number of unbranched alkanes of at least 4 members (excludes halogenated alkanes) is 1. The maximum absolute atomic E-state index is 9.22. The first-order chi connectivity index (χ1) is 8.76. The maximum Gasteiger partial charge on any atom is 0.130 e. The van der Waals surface area contributed by atoms with Crippen LogP contribution in [0.25, 0.3) is 10.9 Å². The summed E-state index contributed by atoms with van der Waals surface area (Å²) in [6.45, 7) is 3.13. The number of hydrogen-bond donors (Lipinski definition) is 0. The van der Waals surface area contributed by atoms with Crippen LogP contribution in [0.15, 0.2) is 30.3 Å². The van der Waals surface area contributed by atoms with E-state index in [0.717, 1.165) is 36.1 Å². The van der Waals surface area contributed by atoms with E-state index in [1.807, 2.05) is 37.4 Å². The predicted octanol–water partition coefficient (Wildman–Crippen LogP) is 3.34. The van der Waals surface area contributed by atoms with Crippen LogP contribution in [0.3, 0.4) is 0 Å². The van der Waals surface area contributed by atoms with E-state index in [0.29, 0.717) is 5.56 Å². The van der Waals surface area contributed by atoms with Crippen molar-refractivity contribution in [1.82, 2.24) is 4.98 Å². The molecule has 1 heterocycles. The van der Waals surface area contributed by atoms with Gasteiger partial charge in [0.1, 0.15) is 5.82 Å². The monoisotopic (exact) mass is 239 g/mol. The zero-order valence-corrected chi connectivity index (χ0v) is 10.8. The molecule has 0 amide bonds. The Morgan fingerprint density at radius 1 is 1.33 bits per heavy atom. The Kier molecular flexibility index (Phi) is 3.78. The molecule has 2 aromatic rings. The Morgan fingerprint density at radius 2 is 2.11 bits per heavy atom. The fourth-order valence-electron chi connectivity index (χ4n) is 1.96. The number of benzene rings is 1. The van der Waals surface area contributed by atoms with E-state index < -0.39 is 0 Å². The number of hydrogen-bond acceptors (Lipinski definition) is 3. The smallest absolute Gasteiger partial charge is 0.130 e. The number of fused-ring (bicyclic) bond motifs is 1. The fraction of sp³-hybridized carbons (Fsp3) is 0.333. The first kappa shape index (κ1) is 12.4. The molecule has 3 nitrogen and oxygen atoms in total. The Balaban J connectivity index is 2.44. The van der Waals surface area contributed by atoms with Gasteiger partial charge >= 0.3 is 0 Å². The molecule has 18 heavy (non-hydrogen) atoms. The van der Waals surface area contributed by atoms with Crippen molar-refractivity contribution in [3.05, 3.63) is 35.9 Å². The number of nitrogens with zero attached hydrogens (tertiary/aromatic N) is 3. The Labute approximate surface area is 108 Å². The van der Waals surface area contributed by atoms with Gasteiger partial charge < -0.3 is 4.90 Å². The van der Waals surface area contributed by atoms with Gasteiger partial charge in [-0.25, -0.2) is 4.98 Å². The normalized spacial score (nSPS) is 10.3. The summed E-state index contributed by atoms with van der Waals surface area (Å²) in [6.07, 6.45) is 2.29. The summed E-state index contributed by atoms with van der Waals surface area (Å²) in [5.41, 5.74) is 1.58. The summed E-state index contributed by atoms with van der Waals surface area (Å²) in [7, 11) is 2.02. The molecule has 0 spiro atoms. The van der Waals surface area contributed by atoms with Crippen molar-refractivity contribution in [2.24, 2.45) is 0 Å². The minimum atomic E-state index is 0.693. The highest BCUT2D eigenvalue weighted by Gasteiger charge is 2.08. The highest BCUT2D eigenvalue weighted by Crippen LogP contribution is 2.21. The molecule has 0 aliphatic heterocycles. The topological polar surface area (TPSA) is 39.9 Å². The lowest BCUT2D eigenvalue weighted by Crippen LogP contribution is -2.19. The number of rotatable bonds is 4. The van der Waals surface area contributed by atoms with Crippen LogP contribution in [0.2, 0.25) is 0 Å². The minimum Gasteiger partial charge on any atom is -0.360 e. The van der Waals surface area contributed by atoms with E-state index in [4.69, 9.17) is 0 Å². The highest BCUT2D eigenvalue weighted by atomic mass is 15.2. The van der Waals surface area contributed by atoms with Gasteiger partial charge in [-0.05, 0) is 18.6 Å². The van der Waals surface area contributed by atoms with Gasteiger partial charge in [0.25, 0.3) is 0 Å². The summed E-state index contributed by atoms with van der Waals surface area (Å²) in [5.74, 6) is 0.874. The van der Waals surface area contributed by atoms with Crippen LogP contribution in [0.1, 0.15) is 25.3 Å². The van der Waals surface area contributed by atoms with E-state index in [1.54, 1.807) is 0 Å². The number of aromatic nitrogens is 1. The van der Waals surface area contributed by atoms with Crippen molar-refractivity contribution in [1.29, 1.82) is 5.26 Å². The second-order valence-electron chi connectivity index (χ2n) is 4.43. The van der Waals surface area contributed by atoms with E-state index in [-0.39, 0.29) is 0 Å². The molecule has 0 aliphatic rings. The Hall–Kier alpha value is -2.08. The van der Waals surface area contributed by atoms with Crippen molar-refractivity contribution < 1.29 is 0 Å². The summed E-state index contributed by atoms with van der Waals surface area (Å²) in [6, 6.07) is 11.9. The van der Waals surface area contributed by atoms with Gasteiger partial charge in [-0.3, -0.25) is 0 Å².